The zero-order valence-corrected chi connectivity index (χ0v) is 9.89. The fraction of sp³-hybridized carbons (Fsp3) is 0.0769. The maximum atomic E-state index is 11.1. The minimum absolute atomic E-state index is 0.443. The van der Waals surface area contributed by atoms with Gasteiger partial charge >= 0.3 is 0 Å². The number of para-hydroxylation sites is 1. The van der Waals surface area contributed by atoms with Crippen LogP contribution in [0.2, 0.25) is 0 Å². The van der Waals surface area contributed by atoms with Crippen LogP contribution < -0.4 is 0 Å². The second-order valence-corrected chi connectivity index (χ2v) is 4.32. The monoisotopic (exact) mass is 251 g/mol. The summed E-state index contributed by atoms with van der Waals surface area (Å²) < 4.78 is 3.71. The summed E-state index contributed by atoms with van der Waals surface area (Å²) in [7, 11) is 0. The van der Waals surface area contributed by atoms with Crippen molar-refractivity contribution in [3.63, 3.8) is 0 Å². The molecule has 0 spiro atoms. The van der Waals surface area contributed by atoms with Crippen LogP contribution >= 0.6 is 0 Å². The van der Waals surface area contributed by atoms with Crippen LogP contribution in [0.25, 0.3) is 17.1 Å². The number of nitrogens with zero attached hydrogens (tertiary/aromatic N) is 5. The fourth-order valence-electron chi connectivity index (χ4n) is 2.45. The topological polar surface area (TPSA) is 65.6 Å². The number of fused-ring (bicyclic) bond motifs is 5. The maximum Gasteiger partial charge on any atom is 0.170 e. The molecule has 0 radical (unpaired) electrons. The number of carbonyl (C=O) groups is 1. The molecule has 1 aromatic carbocycles. The Labute approximate surface area is 108 Å². The zero-order chi connectivity index (χ0) is 12.8. The standard InChI is InChI=1S/C13H9N5O/c19-6-10-12-5-18-13(14-7-16-18)9-3-1-2-4-11(9)17(12)8-15-10/h1-4,6-8H,5H2. The van der Waals surface area contributed by atoms with Crippen LogP contribution in [0.15, 0.2) is 36.9 Å². The molecule has 0 unspecified atom stereocenters. The first kappa shape index (κ1) is 10.2. The Morgan fingerprint density at radius 2 is 2.11 bits per heavy atom. The molecule has 1 aliphatic heterocycles. The average Bonchev–Trinajstić information content (AvgIpc) is 3.04. The molecule has 3 aromatic rings. The Morgan fingerprint density at radius 1 is 1.21 bits per heavy atom. The van der Waals surface area contributed by atoms with Gasteiger partial charge in [0.15, 0.2) is 12.1 Å². The summed E-state index contributed by atoms with van der Waals surface area (Å²) in [6, 6.07) is 7.89. The van der Waals surface area contributed by atoms with Crippen LogP contribution in [-0.4, -0.2) is 30.6 Å². The van der Waals surface area contributed by atoms with E-state index in [4.69, 9.17) is 0 Å². The van der Waals surface area contributed by atoms with Gasteiger partial charge in [0.25, 0.3) is 0 Å². The van der Waals surface area contributed by atoms with Crippen molar-refractivity contribution in [3.8, 4) is 17.1 Å². The molecule has 92 valence electrons. The molecule has 0 amide bonds. The summed E-state index contributed by atoms with van der Waals surface area (Å²) in [4.78, 5) is 19.5. The van der Waals surface area contributed by atoms with Gasteiger partial charge in [0.1, 0.15) is 18.3 Å². The van der Waals surface area contributed by atoms with Gasteiger partial charge < -0.3 is 0 Å². The van der Waals surface area contributed by atoms with E-state index in [0.29, 0.717) is 12.2 Å². The number of hydrogen-bond acceptors (Lipinski definition) is 4. The molecule has 0 fully saturated rings. The molecule has 0 N–H and O–H groups in total. The number of aromatic nitrogens is 5. The summed E-state index contributed by atoms with van der Waals surface area (Å²) >= 11 is 0. The molecule has 6 heteroatoms. The Balaban J connectivity index is 2.12. The highest BCUT2D eigenvalue weighted by Gasteiger charge is 2.22. The highest BCUT2D eigenvalue weighted by molar-refractivity contribution is 5.76. The minimum atomic E-state index is 0.443. The van der Waals surface area contributed by atoms with Gasteiger partial charge in [0.05, 0.1) is 17.9 Å². The van der Waals surface area contributed by atoms with Crippen LogP contribution in [0, 0.1) is 0 Å². The number of aldehydes is 1. The first-order valence-corrected chi connectivity index (χ1v) is 5.87. The lowest BCUT2D eigenvalue weighted by atomic mass is 10.1. The Bertz CT molecular complexity index is 786. The number of imidazole rings is 1. The van der Waals surface area contributed by atoms with Gasteiger partial charge in [0.2, 0.25) is 0 Å². The van der Waals surface area contributed by atoms with Crippen molar-refractivity contribution >= 4 is 6.29 Å². The van der Waals surface area contributed by atoms with Gasteiger partial charge in [-0.15, -0.1) is 0 Å². The third-order valence-corrected chi connectivity index (χ3v) is 3.33. The van der Waals surface area contributed by atoms with Crippen molar-refractivity contribution in [1.29, 1.82) is 0 Å². The molecule has 0 bridgehead atoms. The summed E-state index contributed by atoms with van der Waals surface area (Å²) in [6.07, 6.45) is 3.97. The van der Waals surface area contributed by atoms with E-state index in [9.17, 15) is 4.79 Å². The van der Waals surface area contributed by atoms with Crippen molar-refractivity contribution in [3.05, 3.63) is 48.3 Å². The lowest BCUT2D eigenvalue weighted by Crippen LogP contribution is -2.06. The second kappa shape index (κ2) is 3.61. The van der Waals surface area contributed by atoms with Crippen LogP contribution in [0.1, 0.15) is 16.2 Å². The third-order valence-electron chi connectivity index (χ3n) is 3.33. The summed E-state index contributed by atoms with van der Waals surface area (Å²) in [5.74, 6) is 0.802. The summed E-state index contributed by atoms with van der Waals surface area (Å²) in [5.41, 5.74) is 3.21. The van der Waals surface area contributed by atoms with Crippen LogP contribution in [0.5, 0.6) is 0 Å². The highest BCUT2D eigenvalue weighted by Crippen LogP contribution is 2.30. The van der Waals surface area contributed by atoms with Gasteiger partial charge in [-0.25, -0.2) is 14.6 Å². The highest BCUT2D eigenvalue weighted by atomic mass is 16.1. The van der Waals surface area contributed by atoms with Crippen molar-refractivity contribution in [2.75, 3.05) is 0 Å². The Hall–Kier alpha value is -2.76. The van der Waals surface area contributed by atoms with Gasteiger partial charge in [-0.1, -0.05) is 12.1 Å². The maximum absolute atomic E-state index is 11.1. The SMILES string of the molecule is O=Cc1ncn2c1Cn1ncnc1-c1ccccc1-2. The number of hydrogen-bond donors (Lipinski definition) is 0. The summed E-state index contributed by atoms with van der Waals surface area (Å²) in [5, 5.41) is 4.22. The Kier molecular flexibility index (Phi) is 1.94. The first-order valence-electron chi connectivity index (χ1n) is 5.87. The molecular formula is C13H9N5O. The predicted octanol–water partition coefficient (Wildman–Crippen LogP) is 1.30. The number of benzene rings is 1. The van der Waals surface area contributed by atoms with Crippen molar-refractivity contribution < 1.29 is 4.79 Å². The quantitative estimate of drug-likeness (QED) is 0.478. The molecule has 19 heavy (non-hydrogen) atoms. The van der Waals surface area contributed by atoms with Gasteiger partial charge in [0, 0.05) is 5.56 Å². The number of carbonyl (C=O) groups excluding carboxylic acids is 1. The van der Waals surface area contributed by atoms with Crippen LogP contribution in [0.4, 0.5) is 0 Å². The predicted molar refractivity (Wildman–Crippen MR) is 67.1 cm³/mol. The van der Waals surface area contributed by atoms with Gasteiger partial charge in [-0.2, -0.15) is 5.10 Å². The lowest BCUT2D eigenvalue weighted by molar-refractivity contribution is 0.111. The third kappa shape index (κ3) is 1.31. The van der Waals surface area contributed by atoms with E-state index >= 15 is 0 Å². The molecule has 4 rings (SSSR count). The lowest BCUT2D eigenvalue weighted by Gasteiger charge is -2.07. The molecule has 0 atom stereocenters. The largest absolute Gasteiger partial charge is 0.300 e. The molecular weight excluding hydrogens is 242 g/mol. The van der Waals surface area contributed by atoms with E-state index in [0.717, 1.165) is 29.1 Å². The van der Waals surface area contributed by atoms with Crippen molar-refractivity contribution in [2.45, 2.75) is 6.54 Å². The molecule has 1 aliphatic rings. The van der Waals surface area contributed by atoms with Crippen molar-refractivity contribution in [2.24, 2.45) is 0 Å². The van der Waals surface area contributed by atoms with E-state index < -0.39 is 0 Å². The van der Waals surface area contributed by atoms with E-state index in [1.54, 1.807) is 11.0 Å². The normalized spacial score (nSPS) is 12.2. The number of rotatable bonds is 1. The van der Waals surface area contributed by atoms with E-state index in [1.807, 2.05) is 28.8 Å². The van der Waals surface area contributed by atoms with E-state index in [2.05, 4.69) is 15.1 Å². The smallest absolute Gasteiger partial charge is 0.170 e. The van der Waals surface area contributed by atoms with Crippen LogP contribution in [-0.2, 0) is 6.54 Å². The minimum Gasteiger partial charge on any atom is -0.300 e. The molecule has 3 heterocycles. The molecule has 6 nitrogen and oxygen atoms in total. The first-order chi connectivity index (χ1) is 9.38. The second-order valence-electron chi connectivity index (χ2n) is 4.32. The molecule has 0 saturated carbocycles. The Morgan fingerprint density at radius 3 is 3.00 bits per heavy atom. The van der Waals surface area contributed by atoms with Gasteiger partial charge in [-0.05, 0) is 12.1 Å². The molecule has 0 saturated heterocycles. The van der Waals surface area contributed by atoms with Crippen molar-refractivity contribution in [1.82, 2.24) is 24.3 Å². The molecule has 2 aromatic heterocycles. The zero-order valence-electron chi connectivity index (χ0n) is 9.89. The fourth-order valence-corrected chi connectivity index (χ4v) is 2.45. The van der Waals surface area contributed by atoms with Gasteiger partial charge in [-0.3, -0.25) is 9.36 Å². The average molecular weight is 251 g/mol. The van der Waals surface area contributed by atoms with E-state index in [-0.39, 0.29) is 0 Å². The van der Waals surface area contributed by atoms with E-state index in [1.165, 1.54) is 6.33 Å². The molecule has 0 aliphatic carbocycles. The summed E-state index contributed by atoms with van der Waals surface area (Å²) in [6.45, 7) is 0.484. The van der Waals surface area contributed by atoms with Crippen LogP contribution in [0.3, 0.4) is 0 Å².